The van der Waals surface area contributed by atoms with E-state index >= 15 is 0 Å². The van der Waals surface area contributed by atoms with Crippen LogP contribution in [0.4, 0.5) is 15.8 Å². The highest BCUT2D eigenvalue weighted by molar-refractivity contribution is 6.30. The lowest BCUT2D eigenvalue weighted by atomic mass is 10.0. The van der Waals surface area contributed by atoms with Crippen molar-refractivity contribution in [2.75, 3.05) is 12.4 Å². The van der Waals surface area contributed by atoms with Crippen molar-refractivity contribution in [2.24, 2.45) is 0 Å². The number of carbonyl (C=O) groups excluding carboxylic acids is 1. The number of esters is 1. The Morgan fingerprint density at radius 2 is 2.04 bits per heavy atom. The van der Waals surface area contributed by atoms with E-state index in [0.29, 0.717) is 28.5 Å². The molecule has 1 aromatic carbocycles. The van der Waals surface area contributed by atoms with Gasteiger partial charge in [0.2, 0.25) is 0 Å². The van der Waals surface area contributed by atoms with Crippen LogP contribution in [0.1, 0.15) is 23.0 Å². The number of rotatable bonds is 5. The molecule has 3 rings (SSSR count). The van der Waals surface area contributed by atoms with Gasteiger partial charge in [-0.25, -0.2) is 9.18 Å². The van der Waals surface area contributed by atoms with Gasteiger partial charge in [0.25, 0.3) is 5.56 Å². The Kier molecular flexibility index (Phi) is 5.75. The van der Waals surface area contributed by atoms with Gasteiger partial charge in [-0.05, 0) is 36.8 Å². The fourth-order valence-electron chi connectivity index (χ4n) is 2.78. The molecule has 0 amide bonds. The van der Waals surface area contributed by atoms with Crippen molar-refractivity contribution in [3.05, 3.63) is 75.2 Å². The Labute approximate surface area is 165 Å². The van der Waals surface area contributed by atoms with Crippen molar-refractivity contribution >= 4 is 28.9 Å². The van der Waals surface area contributed by atoms with Crippen LogP contribution < -0.4 is 10.9 Å². The highest BCUT2D eigenvalue weighted by Gasteiger charge is 2.16. The molecule has 144 valence electrons. The largest absolute Gasteiger partial charge is 0.465 e. The van der Waals surface area contributed by atoms with Gasteiger partial charge in [-0.15, -0.1) is 0 Å². The second kappa shape index (κ2) is 8.22. The Morgan fingerprint density at radius 1 is 1.25 bits per heavy atom. The summed E-state index contributed by atoms with van der Waals surface area (Å²) >= 11 is 5.97. The lowest BCUT2D eigenvalue weighted by molar-refractivity contribution is 0.0601. The summed E-state index contributed by atoms with van der Waals surface area (Å²) in [6.45, 7) is 1.86. The molecule has 0 atom stereocenters. The quantitative estimate of drug-likeness (QED) is 0.622. The zero-order valence-corrected chi connectivity index (χ0v) is 15.9. The molecule has 0 fully saturated rings. The van der Waals surface area contributed by atoms with Gasteiger partial charge >= 0.3 is 5.97 Å². The second-order valence-electron chi connectivity index (χ2n) is 5.92. The van der Waals surface area contributed by atoms with Gasteiger partial charge in [0, 0.05) is 28.7 Å². The molecular weight excluding hydrogens is 385 g/mol. The standard InChI is InChI=1S/C20H17ClFN3O3/c1-3-16-18(24-17-6-7-23-10-14(17)20(27)28-2)9-13(19(26)25-16)12-8-11(21)4-5-15(12)22/h4-10H,3H2,1-2H3,(H,23,24)(H,25,26). The fourth-order valence-corrected chi connectivity index (χ4v) is 2.96. The summed E-state index contributed by atoms with van der Waals surface area (Å²) in [6.07, 6.45) is 3.40. The number of hydrogen-bond donors (Lipinski definition) is 2. The van der Waals surface area contributed by atoms with Crippen LogP contribution in [0.3, 0.4) is 0 Å². The minimum Gasteiger partial charge on any atom is -0.465 e. The number of carbonyl (C=O) groups is 1. The smallest absolute Gasteiger partial charge is 0.341 e. The first kappa shape index (κ1) is 19.6. The first-order chi connectivity index (χ1) is 13.4. The Bertz CT molecular complexity index is 1100. The highest BCUT2D eigenvalue weighted by atomic mass is 35.5. The van der Waals surface area contributed by atoms with Crippen LogP contribution in [0.15, 0.2) is 47.5 Å². The van der Waals surface area contributed by atoms with Crippen molar-refractivity contribution in [1.82, 2.24) is 9.97 Å². The van der Waals surface area contributed by atoms with E-state index in [2.05, 4.69) is 15.3 Å². The number of benzene rings is 1. The number of aromatic nitrogens is 2. The van der Waals surface area contributed by atoms with Crippen molar-refractivity contribution < 1.29 is 13.9 Å². The Balaban J connectivity index is 2.13. The van der Waals surface area contributed by atoms with Gasteiger partial charge in [-0.3, -0.25) is 9.78 Å². The van der Waals surface area contributed by atoms with Crippen LogP contribution in [0.2, 0.25) is 5.02 Å². The number of ether oxygens (including phenoxy) is 1. The number of hydrogen-bond acceptors (Lipinski definition) is 5. The van der Waals surface area contributed by atoms with E-state index in [-0.39, 0.29) is 16.7 Å². The Morgan fingerprint density at radius 3 is 2.75 bits per heavy atom. The summed E-state index contributed by atoms with van der Waals surface area (Å²) in [7, 11) is 1.27. The molecule has 2 heterocycles. The number of nitrogens with one attached hydrogen (secondary N) is 2. The predicted octanol–water partition coefficient (Wildman–Crippen LogP) is 4.32. The van der Waals surface area contributed by atoms with Crippen LogP contribution in [0.25, 0.3) is 11.1 Å². The molecule has 2 aromatic heterocycles. The summed E-state index contributed by atoms with van der Waals surface area (Å²) < 4.78 is 19.1. The van der Waals surface area contributed by atoms with Gasteiger partial charge in [-0.1, -0.05) is 18.5 Å². The molecule has 2 N–H and O–H groups in total. The maximum Gasteiger partial charge on any atom is 0.341 e. The molecule has 0 radical (unpaired) electrons. The fraction of sp³-hybridized carbons (Fsp3) is 0.150. The first-order valence-electron chi connectivity index (χ1n) is 8.45. The topological polar surface area (TPSA) is 84.1 Å². The Hall–Kier alpha value is -3.19. The third-order valence-electron chi connectivity index (χ3n) is 4.19. The molecule has 0 saturated carbocycles. The number of anilines is 2. The molecule has 3 aromatic rings. The van der Waals surface area contributed by atoms with Gasteiger partial charge in [0.05, 0.1) is 24.0 Å². The summed E-state index contributed by atoms with van der Waals surface area (Å²) in [6, 6.07) is 7.15. The molecule has 0 aliphatic rings. The third-order valence-corrected chi connectivity index (χ3v) is 4.43. The predicted molar refractivity (Wildman–Crippen MR) is 106 cm³/mol. The van der Waals surface area contributed by atoms with E-state index in [1.165, 1.54) is 43.8 Å². The van der Waals surface area contributed by atoms with Gasteiger partial charge < -0.3 is 15.0 Å². The zero-order chi connectivity index (χ0) is 20.3. The number of aryl methyl sites for hydroxylation is 1. The first-order valence-corrected chi connectivity index (χ1v) is 8.83. The normalized spacial score (nSPS) is 10.6. The highest BCUT2D eigenvalue weighted by Crippen LogP contribution is 2.29. The van der Waals surface area contributed by atoms with Crippen molar-refractivity contribution in [3.8, 4) is 11.1 Å². The van der Waals surface area contributed by atoms with E-state index < -0.39 is 17.3 Å². The van der Waals surface area contributed by atoms with Crippen LogP contribution in [0.5, 0.6) is 0 Å². The number of pyridine rings is 2. The van der Waals surface area contributed by atoms with E-state index in [0.717, 1.165) is 0 Å². The molecule has 0 unspecified atom stereocenters. The molecule has 0 aliphatic carbocycles. The van der Waals surface area contributed by atoms with Crippen molar-refractivity contribution in [2.45, 2.75) is 13.3 Å². The lowest BCUT2D eigenvalue weighted by Crippen LogP contribution is -2.15. The van der Waals surface area contributed by atoms with Crippen LogP contribution >= 0.6 is 11.6 Å². The molecule has 0 bridgehead atoms. The van der Waals surface area contributed by atoms with E-state index in [1.807, 2.05) is 6.92 Å². The summed E-state index contributed by atoms with van der Waals surface area (Å²) in [5.41, 5.74) is 1.56. The average molecular weight is 402 g/mol. The number of nitrogens with zero attached hydrogens (tertiary/aromatic N) is 1. The average Bonchev–Trinajstić information content (AvgIpc) is 2.70. The molecule has 28 heavy (non-hydrogen) atoms. The molecule has 6 nitrogen and oxygen atoms in total. The maximum atomic E-state index is 14.3. The lowest BCUT2D eigenvalue weighted by Gasteiger charge is -2.15. The van der Waals surface area contributed by atoms with E-state index in [4.69, 9.17) is 16.3 Å². The minimum atomic E-state index is -0.566. The molecule has 0 aliphatic heterocycles. The monoisotopic (exact) mass is 401 g/mol. The minimum absolute atomic E-state index is 0.0855. The van der Waals surface area contributed by atoms with Gasteiger partial charge in [0.1, 0.15) is 11.4 Å². The van der Waals surface area contributed by atoms with Crippen molar-refractivity contribution in [1.29, 1.82) is 0 Å². The summed E-state index contributed by atoms with van der Waals surface area (Å²) in [4.78, 5) is 31.2. The molecule has 8 heteroatoms. The number of halogens is 2. The van der Waals surface area contributed by atoms with Crippen LogP contribution in [-0.2, 0) is 11.2 Å². The second-order valence-corrected chi connectivity index (χ2v) is 6.36. The van der Waals surface area contributed by atoms with Gasteiger partial charge in [0.15, 0.2) is 0 Å². The van der Waals surface area contributed by atoms with Crippen LogP contribution in [0, 0.1) is 5.82 Å². The number of H-pyrrole nitrogens is 1. The van der Waals surface area contributed by atoms with Crippen LogP contribution in [-0.4, -0.2) is 23.0 Å². The van der Waals surface area contributed by atoms with E-state index in [1.54, 1.807) is 6.07 Å². The molecule has 0 spiro atoms. The van der Waals surface area contributed by atoms with Gasteiger partial charge in [-0.2, -0.15) is 0 Å². The summed E-state index contributed by atoms with van der Waals surface area (Å²) in [5.74, 6) is -1.12. The third kappa shape index (κ3) is 3.89. The number of methoxy groups -OCH3 is 1. The molecular formula is C20H17ClFN3O3. The SMILES string of the molecule is CCc1[nH]c(=O)c(-c2cc(Cl)ccc2F)cc1Nc1ccncc1C(=O)OC. The maximum absolute atomic E-state index is 14.3. The van der Waals surface area contributed by atoms with E-state index in [9.17, 15) is 14.0 Å². The zero-order valence-electron chi connectivity index (χ0n) is 15.2. The molecule has 0 saturated heterocycles. The summed E-state index contributed by atoms with van der Waals surface area (Å²) in [5, 5.41) is 3.42. The van der Waals surface area contributed by atoms with Crippen molar-refractivity contribution in [3.63, 3.8) is 0 Å². The number of aromatic amines is 1.